The van der Waals surface area contributed by atoms with E-state index < -0.39 is 0 Å². The molecule has 1 unspecified atom stereocenters. The average Bonchev–Trinajstić information content (AvgIpc) is 3.52. The molecule has 0 fully saturated rings. The largest absolute Gasteiger partial charge is 0.493 e. The molecule has 2 aromatic carbocycles. The number of carbonyl (C=O) groups excluding carboxylic acids is 1. The van der Waals surface area contributed by atoms with Crippen molar-refractivity contribution in [2.75, 3.05) is 20.3 Å². The fourth-order valence-corrected chi connectivity index (χ4v) is 4.32. The molecule has 0 aliphatic rings. The number of aromatic nitrogens is 3. The van der Waals surface area contributed by atoms with Crippen LogP contribution in [0.3, 0.4) is 0 Å². The van der Waals surface area contributed by atoms with Crippen LogP contribution in [0.2, 0.25) is 0 Å². The van der Waals surface area contributed by atoms with Crippen LogP contribution < -0.4 is 14.8 Å². The molecule has 0 spiro atoms. The van der Waals surface area contributed by atoms with Gasteiger partial charge in [-0.3, -0.25) is 4.79 Å². The number of pyridine rings is 1. The molecule has 0 saturated heterocycles. The van der Waals surface area contributed by atoms with Crippen molar-refractivity contribution in [1.29, 1.82) is 0 Å². The minimum Gasteiger partial charge on any atom is -0.493 e. The summed E-state index contributed by atoms with van der Waals surface area (Å²) in [6.07, 6.45) is 7.34. The fourth-order valence-electron chi connectivity index (χ4n) is 4.32. The van der Waals surface area contributed by atoms with Crippen molar-refractivity contribution in [2.45, 2.75) is 12.8 Å². The number of carbonyl (C=O) groups is 1. The Hall–Kier alpha value is -4.26. The highest BCUT2D eigenvalue weighted by atomic mass is 16.5. The molecule has 0 aliphatic carbocycles. The van der Waals surface area contributed by atoms with Crippen LogP contribution in [0.1, 0.15) is 34.3 Å². The predicted octanol–water partition coefficient (Wildman–Crippen LogP) is 4.78. The van der Waals surface area contributed by atoms with Crippen molar-refractivity contribution < 1.29 is 14.3 Å². The molecule has 172 valence electrons. The van der Waals surface area contributed by atoms with Crippen molar-refractivity contribution in [2.24, 2.45) is 0 Å². The van der Waals surface area contributed by atoms with Gasteiger partial charge in [0.2, 0.25) is 0 Å². The maximum absolute atomic E-state index is 13.0. The van der Waals surface area contributed by atoms with E-state index in [0.717, 1.165) is 27.7 Å². The van der Waals surface area contributed by atoms with Crippen LogP contribution in [0.5, 0.6) is 11.5 Å². The lowest BCUT2D eigenvalue weighted by Gasteiger charge is -2.20. The van der Waals surface area contributed by atoms with Gasteiger partial charge in [-0.1, -0.05) is 24.3 Å². The first-order valence-electron chi connectivity index (χ1n) is 11.3. The van der Waals surface area contributed by atoms with E-state index in [0.29, 0.717) is 30.2 Å². The van der Waals surface area contributed by atoms with Gasteiger partial charge in [0.25, 0.3) is 5.91 Å². The van der Waals surface area contributed by atoms with E-state index in [9.17, 15) is 4.79 Å². The monoisotopic (exact) mass is 454 g/mol. The lowest BCUT2D eigenvalue weighted by atomic mass is 9.90. The number of ether oxygens (including phenoxy) is 2. The van der Waals surface area contributed by atoms with Gasteiger partial charge < -0.3 is 24.2 Å². The number of hydrogen-bond acceptors (Lipinski definition) is 4. The van der Waals surface area contributed by atoms with Gasteiger partial charge in [0.1, 0.15) is 5.65 Å². The van der Waals surface area contributed by atoms with E-state index in [4.69, 9.17) is 9.47 Å². The number of fused-ring (bicyclic) bond motifs is 2. The Kier molecular flexibility index (Phi) is 5.91. The number of nitrogens with one attached hydrogen (secondary N) is 2. The molecule has 34 heavy (non-hydrogen) atoms. The summed E-state index contributed by atoms with van der Waals surface area (Å²) in [5, 5.41) is 4.25. The first kappa shape index (κ1) is 21.6. The molecule has 5 rings (SSSR count). The molecule has 7 heteroatoms. The Morgan fingerprint density at radius 3 is 2.88 bits per heavy atom. The number of para-hydroxylation sites is 1. The van der Waals surface area contributed by atoms with E-state index in [1.807, 2.05) is 66.2 Å². The number of rotatable bonds is 8. The molecule has 1 amide bonds. The number of hydrogen-bond donors (Lipinski definition) is 2. The van der Waals surface area contributed by atoms with Crippen LogP contribution >= 0.6 is 0 Å². The average molecular weight is 455 g/mol. The fraction of sp³-hybridized carbons (Fsp3) is 0.185. The Bertz CT molecular complexity index is 1450. The van der Waals surface area contributed by atoms with Crippen LogP contribution in [0, 0.1) is 0 Å². The standard InChI is InChI=1S/C27H26N4O3/c1-3-34-24-10-8-18(14-25(24)33-2)21(22-16-29-23-7-5-4-6-20(22)23)15-30-27(32)19-9-11-26-28-12-13-31(26)17-19/h4-14,16-17,21,29H,3,15H2,1-2H3,(H,30,32). The third kappa shape index (κ3) is 4.08. The zero-order chi connectivity index (χ0) is 23.5. The van der Waals surface area contributed by atoms with Gasteiger partial charge in [0.05, 0.1) is 19.3 Å². The van der Waals surface area contributed by atoms with Gasteiger partial charge in [-0.2, -0.15) is 0 Å². The number of imidazole rings is 1. The smallest absolute Gasteiger partial charge is 0.252 e. The van der Waals surface area contributed by atoms with Crippen LogP contribution in [0.15, 0.2) is 79.4 Å². The third-order valence-electron chi connectivity index (χ3n) is 6.00. The molecular formula is C27H26N4O3. The second kappa shape index (κ2) is 9.31. The molecule has 7 nitrogen and oxygen atoms in total. The van der Waals surface area contributed by atoms with E-state index >= 15 is 0 Å². The number of benzene rings is 2. The van der Waals surface area contributed by atoms with Gasteiger partial charge in [-0.05, 0) is 48.4 Å². The van der Waals surface area contributed by atoms with Crippen LogP contribution in [0.25, 0.3) is 16.6 Å². The highest BCUT2D eigenvalue weighted by Crippen LogP contribution is 2.36. The van der Waals surface area contributed by atoms with Crippen LogP contribution in [0.4, 0.5) is 0 Å². The minimum atomic E-state index is -0.140. The van der Waals surface area contributed by atoms with E-state index in [1.165, 1.54) is 0 Å². The van der Waals surface area contributed by atoms with E-state index in [-0.39, 0.29) is 11.8 Å². The van der Waals surface area contributed by atoms with E-state index in [1.54, 1.807) is 25.6 Å². The van der Waals surface area contributed by atoms with Crippen molar-refractivity contribution in [3.63, 3.8) is 0 Å². The number of amides is 1. The van der Waals surface area contributed by atoms with Crippen molar-refractivity contribution in [3.8, 4) is 11.5 Å². The van der Waals surface area contributed by atoms with Crippen LogP contribution in [-0.4, -0.2) is 40.5 Å². The highest BCUT2D eigenvalue weighted by Gasteiger charge is 2.21. The van der Waals surface area contributed by atoms with Gasteiger partial charge in [-0.25, -0.2) is 4.98 Å². The van der Waals surface area contributed by atoms with Crippen LogP contribution in [-0.2, 0) is 0 Å². The molecular weight excluding hydrogens is 428 g/mol. The number of nitrogens with zero attached hydrogens (tertiary/aromatic N) is 2. The third-order valence-corrected chi connectivity index (χ3v) is 6.00. The summed E-state index contributed by atoms with van der Waals surface area (Å²) in [6, 6.07) is 17.7. The maximum atomic E-state index is 13.0. The Morgan fingerprint density at radius 1 is 1.15 bits per heavy atom. The number of H-pyrrole nitrogens is 1. The summed E-state index contributed by atoms with van der Waals surface area (Å²) in [5.41, 5.74) is 4.56. The molecule has 0 bridgehead atoms. The number of aromatic amines is 1. The predicted molar refractivity (Wildman–Crippen MR) is 132 cm³/mol. The molecule has 0 aliphatic heterocycles. The summed E-state index contributed by atoms with van der Waals surface area (Å²) >= 11 is 0. The normalized spacial score (nSPS) is 12.1. The highest BCUT2D eigenvalue weighted by molar-refractivity contribution is 5.94. The van der Waals surface area contributed by atoms with Gasteiger partial charge >= 0.3 is 0 Å². The van der Waals surface area contributed by atoms with Gasteiger partial charge in [-0.15, -0.1) is 0 Å². The molecule has 0 radical (unpaired) electrons. The zero-order valence-electron chi connectivity index (χ0n) is 19.1. The quantitative estimate of drug-likeness (QED) is 0.353. The second-order valence-corrected chi connectivity index (χ2v) is 8.01. The lowest BCUT2D eigenvalue weighted by Crippen LogP contribution is -2.29. The topological polar surface area (TPSA) is 80.6 Å². The van der Waals surface area contributed by atoms with Crippen molar-refractivity contribution in [3.05, 3.63) is 96.1 Å². The Morgan fingerprint density at radius 2 is 2.03 bits per heavy atom. The zero-order valence-corrected chi connectivity index (χ0v) is 19.1. The lowest BCUT2D eigenvalue weighted by molar-refractivity contribution is 0.0952. The molecule has 3 aromatic heterocycles. The molecule has 2 N–H and O–H groups in total. The van der Waals surface area contributed by atoms with Crippen molar-refractivity contribution in [1.82, 2.24) is 19.7 Å². The van der Waals surface area contributed by atoms with Gasteiger partial charge in [0.15, 0.2) is 11.5 Å². The Balaban J connectivity index is 1.48. The molecule has 5 aromatic rings. The summed E-state index contributed by atoms with van der Waals surface area (Å²) < 4.78 is 13.1. The number of methoxy groups -OCH3 is 1. The first-order chi connectivity index (χ1) is 16.7. The maximum Gasteiger partial charge on any atom is 0.252 e. The summed E-state index contributed by atoms with van der Waals surface area (Å²) in [6.45, 7) is 2.91. The Labute approximate surface area is 197 Å². The molecule has 1 atom stereocenters. The van der Waals surface area contributed by atoms with Crippen molar-refractivity contribution >= 4 is 22.5 Å². The summed E-state index contributed by atoms with van der Waals surface area (Å²) in [7, 11) is 1.64. The molecule has 0 saturated carbocycles. The molecule has 3 heterocycles. The minimum absolute atomic E-state index is 0.0957. The first-order valence-corrected chi connectivity index (χ1v) is 11.3. The summed E-state index contributed by atoms with van der Waals surface area (Å²) in [5.74, 6) is 1.13. The van der Waals surface area contributed by atoms with Gasteiger partial charge in [0, 0.05) is 48.2 Å². The SMILES string of the molecule is CCOc1ccc(C(CNC(=O)c2ccc3nccn3c2)c2c[nH]c3ccccc23)cc1OC. The summed E-state index contributed by atoms with van der Waals surface area (Å²) in [4.78, 5) is 20.6. The second-order valence-electron chi connectivity index (χ2n) is 8.01. The van der Waals surface area contributed by atoms with E-state index in [2.05, 4.69) is 21.4 Å².